The zero-order valence-corrected chi connectivity index (χ0v) is 16.3. The number of hydrogen-bond acceptors (Lipinski definition) is 1. The third-order valence-electron chi connectivity index (χ3n) is 6.33. The van der Waals surface area contributed by atoms with Crippen molar-refractivity contribution >= 4 is 0 Å². The van der Waals surface area contributed by atoms with Crippen LogP contribution in [0.25, 0.3) is 0 Å². The molecule has 0 spiro atoms. The van der Waals surface area contributed by atoms with E-state index >= 15 is 0 Å². The molecule has 1 aromatic carbocycles. The Morgan fingerprint density at radius 1 is 1.08 bits per heavy atom. The molecule has 1 heterocycles. The van der Waals surface area contributed by atoms with Crippen LogP contribution in [0.2, 0.25) is 0 Å². The SMILES string of the molecule is CC(C)[C@H](C)c1cc(C2CC2(c2ccc(F)cc2)C(C)(C)C)ccn1. The molecule has 0 radical (unpaired) electrons. The fourth-order valence-corrected chi connectivity index (χ4v) is 4.27. The van der Waals surface area contributed by atoms with E-state index in [0.29, 0.717) is 17.8 Å². The Bertz CT molecular complexity index is 741. The average Bonchev–Trinajstić information content (AvgIpc) is 3.32. The molecule has 25 heavy (non-hydrogen) atoms. The molecule has 0 amide bonds. The number of rotatable bonds is 4. The molecule has 1 saturated carbocycles. The Morgan fingerprint density at radius 2 is 1.72 bits per heavy atom. The van der Waals surface area contributed by atoms with E-state index in [9.17, 15) is 4.39 Å². The zero-order valence-electron chi connectivity index (χ0n) is 16.3. The lowest BCUT2D eigenvalue weighted by Gasteiger charge is -2.33. The fourth-order valence-electron chi connectivity index (χ4n) is 4.27. The lowest BCUT2D eigenvalue weighted by Crippen LogP contribution is -2.28. The first-order valence-corrected chi connectivity index (χ1v) is 9.38. The van der Waals surface area contributed by atoms with Crippen LogP contribution in [0.3, 0.4) is 0 Å². The van der Waals surface area contributed by atoms with Gasteiger partial charge in [0.25, 0.3) is 0 Å². The van der Waals surface area contributed by atoms with Crippen molar-refractivity contribution in [3.8, 4) is 0 Å². The van der Waals surface area contributed by atoms with E-state index < -0.39 is 0 Å². The fraction of sp³-hybridized carbons (Fsp3) is 0.522. The summed E-state index contributed by atoms with van der Waals surface area (Å²) >= 11 is 0. The molecule has 3 rings (SSSR count). The van der Waals surface area contributed by atoms with Crippen molar-refractivity contribution in [2.75, 3.05) is 0 Å². The maximum absolute atomic E-state index is 13.4. The highest BCUT2D eigenvalue weighted by molar-refractivity contribution is 5.45. The third-order valence-corrected chi connectivity index (χ3v) is 6.33. The van der Waals surface area contributed by atoms with Gasteiger partial charge in [-0.2, -0.15) is 0 Å². The first kappa shape index (κ1) is 18.1. The Balaban J connectivity index is 1.99. The number of benzene rings is 1. The van der Waals surface area contributed by atoms with E-state index in [0.717, 1.165) is 6.42 Å². The highest BCUT2D eigenvalue weighted by Crippen LogP contribution is 2.68. The van der Waals surface area contributed by atoms with E-state index in [2.05, 4.69) is 58.7 Å². The summed E-state index contributed by atoms with van der Waals surface area (Å²) in [5, 5.41) is 0. The van der Waals surface area contributed by atoms with E-state index in [1.807, 2.05) is 18.3 Å². The van der Waals surface area contributed by atoms with Crippen molar-refractivity contribution in [1.29, 1.82) is 0 Å². The molecule has 0 bridgehead atoms. The minimum Gasteiger partial charge on any atom is -0.261 e. The summed E-state index contributed by atoms with van der Waals surface area (Å²) in [5.74, 6) is 1.33. The van der Waals surface area contributed by atoms with E-state index in [1.165, 1.54) is 16.8 Å². The Morgan fingerprint density at radius 3 is 2.28 bits per heavy atom. The van der Waals surface area contributed by atoms with Crippen LogP contribution in [-0.2, 0) is 5.41 Å². The van der Waals surface area contributed by atoms with Crippen LogP contribution in [0, 0.1) is 17.2 Å². The van der Waals surface area contributed by atoms with Gasteiger partial charge in [0.1, 0.15) is 5.82 Å². The largest absolute Gasteiger partial charge is 0.261 e. The summed E-state index contributed by atoms with van der Waals surface area (Å²) < 4.78 is 13.4. The van der Waals surface area contributed by atoms with Crippen LogP contribution < -0.4 is 0 Å². The predicted octanol–water partition coefficient (Wildman–Crippen LogP) is 6.45. The molecular formula is C23H30FN. The second-order valence-electron chi connectivity index (χ2n) is 9.03. The smallest absolute Gasteiger partial charge is 0.123 e. The molecule has 134 valence electrons. The quantitative estimate of drug-likeness (QED) is 0.623. The third kappa shape index (κ3) is 3.12. The molecule has 1 aliphatic carbocycles. The number of halogens is 1. The number of aromatic nitrogens is 1. The van der Waals surface area contributed by atoms with Crippen LogP contribution in [0.1, 0.15) is 76.6 Å². The first-order valence-electron chi connectivity index (χ1n) is 9.38. The maximum Gasteiger partial charge on any atom is 0.123 e. The van der Waals surface area contributed by atoms with Gasteiger partial charge in [-0.25, -0.2) is 4.39 Å². The predicted molar refractivity (Wildman–Crippen MR) is 102 cm³/mol. The van der Waals surface area contributed by atoms with Crippen LogP contribution in [-0.4, -0.2) is 4.98 Å². The van der Waals surface area contributed by atoms with E-state index in [-0.39, 0.29) is 16.6 Å². The minimum atomic E-state index is -0.165. The van der Waals surface area contributed by atoms with Crippen molar-refractivity contribution < 1.29 is 4.39 Å². The number of hydrogen-bond donors (Lipinski definition) is 0. The van der Waals surface area contributed by atoms with Gasteiger partial charge in [-0.3, -0.25) is 4.98 Å². The van der Waals surface area contributed by atoms with Crippen LogP contribution in [0.5, 0.6) is 0 Å². The second kappa shape index (κ2) is 6.23. The average molecular weight is 339 g/mol. The van der Waals surface area contributed by atoms with Crippen molar-refractivity contribution in [2.24, 2.45) is 11.3 Å². The molecule has 1 nitrogen and oxygen atoms in total. The number of pyridine rings is 1. The molecule has 0 aliphatic heterocycles. The monoisotopic (exact) mass is 339 g/mol. The molecule has 0 N–H and O–H groups in total. The summed E-state index contributed by atoms with van der Waals surface area (Å²) in [6, 6.07) is 11.6. The van der Waals surface area contributed by atoms with Crippen LogP contribution in [0.4, 0.5) is 4.39 Å². The lowest BCUT2D eigenvalue weighted by atomic mass is 9.71. The van der Waals surface area contributed by atoms with Crippen LogP contribution in [0.15, 0.2) is 42.6 Å². The molecule has 1 fully saturated rings. The van der Waals surface area contributed by atoms with Gasteiger partial charge in [0, 0.05) is 23.2 Å². The first-order chi connectivity index (χ1) is 11.7. The van der Waals surface area contributed by atoms with Gasteiger partial charge in [-0.1, -0.05) is 53.7 Å². The Hall–Kier alpha value is -1.70. The lowest BCUT2D eigenvalue weighted by molar-refractivity contribution is 0.290. The normalized spacial score (nSPS) is 24.4. The van der Waals surface area contributed by atoms with Gasteiger partial charge in [0.2, 0.25) is 0 Å². The summed E-state index contributed by atoms with van der Waals surface area (Å²) in [6.07, 6.45) is 3.07. The topological polar surface area (TPSA) is 12.9 Å². The Kier molecular flexibility index (Phi) is 4.51. The molecule has 1 aliphatic rings. The molecule has 0 saturated heterocycles. The molecule has 1 aromatic heterocycles. The van der Waals surface area contributed by atoms with Gasteiger partial charge in [0.15, 0.2) is 0 Å². The number of nitrogens with zero attached hydrogens (tertiary/aromatic N) is 1. The minimum absolute atomic E-state index is 0.0698. The van der Waals surface area contributed by atoms with Crippen molar-refractivity contribution in [3.63, 3.8) is 0 Å². The molecule has 2 heteroatoms. The van der Waals surface area contributed by atoms with Crippen molar-refractivity contribution in [3.05, 3.63) is 65.2 Å². The van der Waals surface area contributed by atoms with E-state index in [1.54, 1.807) is 12.1 Å². The highest BCUT2D eigenvalue weighted by atomic mass is 19.1. The van der Waals surface area contributed by atoms with Gasteiger partial charge in [-0.05, 0) is 59.1 Å². The molecule has 3 atom stereocenters. The zero-order chi connectivity index (χ0) is 18.4. The van der Waals surface area contributed by atoms with Crippen LogP contribution >= 0.6 is 0 Å². The summed E-state index contributed by atoms with van der Waals surface area (Å²) in [7, 11) is 0. The summed E-state index contributed by atoms with van der Waals surface area (Å²) in [4.78, 5) is 4.62. The van der Waals surface area contributed by atoms with Crippen molar-refractivity contribution in [2.45, 2.75) is 65.2 Å². The van der Waals surface area contributed by atoms with Gasteiger partial charge >= 0.3 is 0 Å². The Labute approximate surface area is 151 Å². The summed E-state index contributed by atoms with van der Waals surface area (Å²) in [5.41, 5.74) is 3.99. The molecule has 2 unspecified atom stereocenters. The maximum atomic E-state index is 13.4. The summed E-state index contributed by atoms with van der Waals surface area (Å²) in [6.45, 7) is 13.6. The van der Waals surface area contributed by atoms with E-state index in [4.69, 9.17) is 0 Å². The van der Waals surface area contributed by atoms with Gasteiger partial charge in [0.05, 0.1) is 0 Å². The molecule has 2 aromatic rings. The molecular weight excluding hydrogens is 309 g/mol. The van der Waals surface area contributed by atoms with Gasteiger partial charge in [-0.15, -0.1) is 0 Å². The highest BCUT2D eigenvalue weighted by Gasteiger charge is 2.62. The standard InChI is InChI=1S/C23H30FN/c1-15(2)16(3)21-13-17(11-12-25-21)20-14-23(20,22(4,5)6)18-7-9-19(24)10-8-18/h7-13,15-16,20H,14H2,1-6H3/t16-,20?,23?/m0/s1. The van der Waals surface area contributed by atoms with Gasteiger partial charge < -0.3 is 0 Å². The van der Waals surface area contributed by atoms with Crippen molar-refractivity contribution in [1.82, 2.24) is 4.98 Å². The second-order valence-corrected chi connectivity index (χ2v) is 9.03.